The highest BCUT2D eigenvalue weighted by Gasteiger charge is 2.07. The zero-order chi connectivity index (χ0) is 12.0. The Labute approximate surface area is 110 Å². The molecule has 0 fully saturated rings. The van der Waals surface area contributed by atoms with E-state index in [1.165, 1.54) is 12.1 Å². The smallest absolute Gasteiger partial charge is 0.124 e. The zero-order valence-electron chi connectivity index (χ0n) is 9.35. The van der Waals surface area contributed by atoms with Crippen molar-refractivity contribution in [1.29, 1.82) is 0 Å². The van der Waals surface area contributed by atoms with Crippen LogP contribution in [0.25, 0.3) is 0 Å². The number of rotatable bonds is 6. The van der Waals surface area contributed by atoms with Crippen molar-refractivity contribution in [2.24, 2.45) is 0 Å². The fourth-order valence-corrected chi connectivity index (χ4v) is 2.12. The largest absolute Gasteiger partial charge is 0.299 e. The average Bonchev–Trinajstić information content (AvgIpc) is 2.27. The van der Waals surface area contributed by atoms with E-state index < -0.39 is 0 Å². The molecular formula is C12H16BrClFN. The van der Waals surface area contributed by atoms with Crippen LogP contribution in [0.2, 0.25) is 0 Å². The summed E-state index contributed by atoms with van der Waals surface area (Å²) >= 11 is 9.05. The van der Waals surface area contributed by atoms with Crippen molar-refractivity contribution in [3.63, 3.8) is 0 Å². The van der Waals surface area contributed by atoms with Gasteiger partial charge in [0, 0.05) is 16.9 Å². The topological polar surface area (TPSA) is 3.24 Å². The fourth-order valence-electron chi connectivity index (χ4n) is 1.52. The van der Waals surface area contributed by atoms with Crippen LogP contribution in [0.3, 0.4) is 0 Å². The van der Waals surface area contributed by atoms with E-state index in [1.807, 2.05) is 6.07 Å². The lowest BCUT2D eigenvalue weighted by Gasteiger charge is -2.20. The van der Waals surface area contributed by atoms with Gasteiger partial charge < -0.3 is 0 Å². The number of nitrogens with zero attached hydrogens (tertiary/aromatic N) is 1. The van der Waals surface area contributed by atoms with Gasteiger partial charge in [0.05, 0.1) is 0 Å². The van der Waals surface area contributed by atoms with Gasteiger partial charge in [-0.15, -0.1) is 11.6 Å². The fraction of sp³-hybridized carbons (Fsp3) is 0.500. The Morgan fingerprint density at radius 2 is 2.19 bits per heavy atom. The predicted molar refractivity (Wildman–Crippen MR) is 70.4 cm³/mol. The van der Waals surface area contributed by atoms with Gasteiger partial charge in [-0.25, -0.2) is 4.39 Å². The Bertz CT molecular complexity index is 333. The lowest BCUT2D eigenvalue weighted by molar-refractivity contribution is 0.280. The summed E-state index contributed by atoms with van der Waals surface area (Å²) in [7, 11) is 0. The Morgan fingerprint density at radius 3 is 2.75 bits per heavy atom. The number of hydrogen-bond acceptors (Lipinski definition) is 1. The molecule has 0 aliphatic heterocycles. The number of hydrogen-bond donors (Lipinski definition) is 0. The molecule has 0 aromatic heterocycles. The summed E-state index contributed by atoms with van der Waals surface area (Å²) in [5.41, 5.74) is 1.11. The maximum absolute atomic E-state index is 12.9. The van der Waals surface area contributed by atoms with E-state index in [2.05, 4.69) is 27.8 Å². The van der Waals surface area contributed by atoms with Crippen LogP contribution in [0.5, 0.6) is 0 Å². The molecule has 0 atom stereocenters. The minimum atomic E-state index is -0.209. The molecule has 0 bridgehead atoms. The van der Waals surface area contributed by atoms with Gasteiger partial charge in [0.1, 0.15) is 5.82 Å². The Kier molecular flexibility index (Phi) is 6.32. The lowest BCUT2D eigenvalue weighted by Crippen LogP contribution is -2.24. The van der Waals surface area contributed by atoms with Gasteiger partial charge in [0.25, 0.3) is 0 Å². The van der Waals surface area contributed by atoms with Crippen molar-refractivity contribution in [3.8, 4) is 0 Å². The van der Waals surface area contributed by atoms with Gasteiger partial charge in [-0.05, 0) is 37.2 Å². The minimum Gasteiger partial charge on any atom is -0.299 e. The molecule has 0 radical (unpaired) electrons. The maximum atomic E-state index is 12.9. The maximum Gasteiger partial charge on any atom is 0.124 e. The molecule has 4 heteroatoms. The lowest BCUT2D eigenvalue weighted by atomic mass is 10.2. The summed E-state index contributed by atoms with van der Waals surface area (Å²) in [5, 5.41) is 0. The van der Waals surface area contributed by atoms with E-state index in [0.717, 1.165) is 36.1 Å². The summed E-state index contributed by atoms with van der Waals surface area (Å²) in [6.07, 6.45) is 0.980. The summed E-state index contributed by atoms with van der Waals surface area (Å²) in [4.78, 5) is 2.29. The molecule has 0 saturated carbocycles. The van der Waals surface area contributed by atoms with Gasteiger partial charge in [0.2, 0.25) is 0 Å². The van der Waals surface area contributed by atoms with Crippen molar-refractivity contribution >= 4 is 27.5 Å². The molecule has 0 unspecified atom stereocenters. The zero-order valence-corrected chi connectivity index (χ0v) is 11.7. The molecule has 0 heterocycles. The highest BCUT2D eigenvalue weighted by Crippen LogP contribution is 2.19. The van der Waals surface area contributed by atoms with Crippen LogP contribution in [0, 0.1) is 5.82 Å². The SMILES string of the molecule is CCN(CCCCl)Cc1ccc(F)cc1Br. The van der Waals surface area contributed by atoms with Gasteiger partial charge in [0.15, 0.2) is 0 Å². The summed E-state index contributed by atoms with van der Waals surface area (Å²) in [6.45, 7) is 4.89. The van der Waals surface area contributed by atoms with E-state index in [9.17, 15) is 4.39 Å². The summed E-state index contributed by atoms with van der Waals surface area (Å²) in [6, 6.07) is 4.82. The molecular weight excluding hydrogens is 292 g/mol. The molecule has 0 saturated heterocycles. The highest BCUT2D eigenvalue weighted by molar-refractivity contribution is 9.10. The molecule has 90 valence electrons. The standard InChI is InChI=1S/C12H16BrClFN/c1-2-16(7-3-6-14)9-10-4-5-11(15)8-12(10)13/h4-5,8H,2-3,6-7,9H2,1H3. The third kappa shape index (κ3) is 4.40. The molecule has 0 spiro atoms. The van der Waals surface area contributed by atoms with Crippen LogP contribution in [0.15, 0.2) is 22.7 Å². The molecule has 0 aliphatic carbocycles. The van der Waals surface area contributed by atoms with Crippen LogP contribution in [-0.2, 0) is 6.54 Å². The molecule has 1 aromatic carbocycles. The molecule has 1 rings (SSSR count). The van der Waals surface area contributed by atoms with E-state index in [1.54, 1.807) is 0 Å². The molecule has 1 nitrogen and oxygen atoms in total. The Balaban J connectivity index is 2.62. The van der Waals surface area contributed by atoms with Crippen molar-refractivity contribution in [2.75, 3.05) is 19.0 Å². The Hall–Kier alpha value is -0.120. The second-order valence-corrected chi connectivity index (χ2v) is 4.88. The van der Waals surface area contributed by atoms with Crippen LogP contribution >= 0.6 is 27.5 Å². The van der Waals surface area contributed by atoms with Gasteiger partial charge in [-0.1, -0.05) is 28.9 Å². The van der Waals surface area contributed by atoms with E-state index in [0.29, 0.717) is 5.88 Å². The van der Waals surface area contributed by atoms with Crippen LogP contribution in [-0.4, -0.2) is 23.9 Å². The average molecular weight is 309 g/mol. The second-order valence-electron chi connectivity index (χ2n) is 3.65. The minimum absolute atomic E-state index is 0.209. The molecule has 1 aromatic rings. The third-order valence-corrected chi connectivity index (χ3v) is 3.47. The summed E-state index contributed by atoms with van der Waals surface area (Å²) in [5.74, 6) is 0.473. The van der Waals surface area contributed by atoms with E-state index in [4.69, 9.17) is 11.6 Å². The highest BCUT2D eigenvalue weighted by atomic mass is 79.9. The number of alkyl halides is 1. The van der Waals surface area contributed by atoms with Gasteiger partial charge in [-0.3, -0.25) is 4.90 Å². The van der Waals surface area contributed by atoms with Crippen LogP contribution in [0.4, 0.5) is 4.39 Å². The van der Waals surface area contributed by atoms with Crippen molar-refractivity contribution in [2.45, 2.75) is 19.9 Å². The quantitative estimate of drug-likeness (QED) is 0.717. The first-order chi connectivity index (χ1) is 7.67. The van der Waals surface area contributed by atoms with Crippen LogP contribution in [0.1, 0.15) is 18.9 Å². The van der Waals surface area contributed by atoms with Crippen molar-refractivity contribution in [3.05, 3.63) is 34.1 Å². The van der Waals surface area contributed by atoms with Gasteiger partial charge >= 0.3 is 0 Å². The van der Waals surface area contributed by atoms with E-state index in [-0.39, 0.29) is 5.82 Å². The normalized spacial score (nSPS) is 11.1. The predicted octanol–water partition coefficient (Wildman–Crippen LogP) is 4.04. The number of halogens is 3. The first-order valence-electron chi connectivity index (χ1n) is 5.39. The Morgan fingerprint density at radius 1 is 1.44 bits per heavy atom. The molecule has 0 N–H and O–H groups in total. The molecule has 0 amide bonds. The number of benzene rings is 1. The molecule has 0 aliphatic rings. The monoisotopic (exact) mass is 307 g/mol. The second kappa shape index (κ2) is 7.25. The van der Waals surface area contributed by atoms with Crippen molar-refractivity contribution in [1.82, 2.24) is 4.90 Å². The van der Waals surface area contributed by atoms with Crippen LogP contribution < -0.4 is 0 Å². The van der Waals surface area contributed by atoms with E-state index >= 15 is 0 Å². The molecule has 16 heavy (non-hydrogen) atoms. The first-order valence-corrected chi connectivity index (χ1v) is 6.72. The first kappa shape index (κ1) is 13.9. The van der Waals surface area contributed by atoms with Crippen molar-refractivity contribution < 1.29 is 4.39 Å². The summed E-state index contributed by atoms with van der Waals surface area (Å²) < 4.78 is 13.7. The third-order valence-electron chi connectivity index (χ3n) is 2.46. The van der Waals surface area contributed by atoms with Gasteiger partial charge in [-0.2, -0.15) is 0 Å².